The molecule has 57 heavy (non-hydrogen) atoms. The van der Waals surface area contributed by atoms with E-state index in [1.165, 1.54) is 22.3 Å². The zero-order valence-corrected chi connectivity index (χ0v) is 32.2. The van der Waals surface area contributed by atoms with Gasteiger partial charge in [0.2, 0.25) is 0 Å². The van der Waals surface area contributed by atoms with Gasteiger partial charge in [-0.05, 0) is 59.2 Å². The lowest BCUT2D eigenvalue weighted by Gasteiger charge is -2.28. The summed E-state index contributed by atoms with van der Waals surface area (Å²) in [5.41, 5.74) is 17.0. The number of benzene rings is 5. The summed E-state index contributed by atoms with van der Waals surface area (Å²) in [6.45, 7) is 4.71. The number of hydrogen-bond acceptors (Lipinski definition) is 4. The monoisotopic (exact) mass is 734 g/mol. The Balaban J connectivity index is 1.18. The van der Waals surface area contributed by atoms with E-state index in [0.717, 1.165) is 86.8 Å². The van der Waals surface area contributed by atoms with Crippen molar-refractivity contribution in [1.82, 2.24) is 19.9 Å². The van der Waals surface area contributed by atoms with Gasteiger partial charge in [-0.15, -0.1) is 0 Å². The van der Waals surface area contributed by atoms with Crippen LogP contribution in [-0.4, -0.2) is 19.9 Å². The van der Waals surface area contributed by atoms with Gasteiger partial charge in [-0.25, -0.2) is 19.9 Å². The van der Waals surface area contributed by atoms with E-state index in [1.807, 2.05) is 24.3 Å². The largest absolute Gasteiger partial charge is 0.248 e. The van der Waals surface area contributed by atoms with Crippen LogP contribution in [0.1, 0.15) is 61.5 Å². The molecular weight excluding hydrogens is 693 g/mol. The first-order valence-corrected chi connectivity index (χ1v) is 20.0. The summed E-state index contributed by atoms with van der Waals surface area (Å²) in [5.74, 6) is 0.745. The predicted octanol–water partition coefficient (Wildman–Crippen LogP) is 13.1. The minimum absolute atomic E-state index is 0.0526. The van der Waals surface area contributed by atoms with Crippen molar-refractivity contribution in [2.24, 2.45) is 0 Å². The molecule has 0 fully saturated rings. The highest BCUT2D eigenvalue weighted by molar-refractivity contribution is 5.90. The zero-order chi connectivity index (χ0) is 38.3. The van der Waals surface area contributed by atoms with Crippen LogP contribution in [0.2, 0.25) is 0 Å². The van der Waals surface area contributed by atoms with Crippen LogP contribution in [-0.2, 0) is 5.41 Å². The zero-order valence-electron chi connectivity index (χ0n) is 32.2. The fourth-order valence-corrected chi connectivity index (χ4v) is 8.84. The molecule has 4 heteroatoms. The molecule has 3 aliphatic rings. The summed E-state index contributed by atoms with van der Waals surface area (Å²) < 4.78 is 0. The molecule has 3 aliphatic carbocycles. The molecule has 274 valence electrons. The summed E-state index contributed by atoms with van der Waals surface area (Å²) in [6.07, 6.45) is 14.4. The van der Waals surface area contributed by atoms with E-state index in [0.29, 0.717) is 5.82 Å². The third kappa shape index (κ3) is 6.28. The van der Waals surface area contributed by atoms with Gasteiger partial charge in [-0.3, -0.25) is 0 Å². The van der Waals surface area contributed by atoms with Crippen LogP contribution in [0.5, 0.6) is 0 Å². The van der Waals surface area contributed by atoms with Gasteiger partial charge in [0.05, 0.1) is 34.2 Å². The molecule has 0 amide bonds. The molecule has 2 aromatic heterocycles. The maximum Gasteiger partial charge on any atom is 0.160 e. The second kappa shape index (κ2) is 14.4. The van der Waals surface area contributed by atoms with Crippen molar-refractivity contribution in [2.45, 2.75) is 44.4 Å². The molecule has 1 atom stereocenters. The van der Waals surface area contributed by atoms with Gasteiger partial charge in [0.1, 0.15) is 0 Å². The Kier molecular flexibility index (Phi) is 8.75. The van der Waals surface area contributed by atoms with E-state index in [9.17, 15) is 0 Å². The lowest BCUT2D eigenvalue weighted by Crippen LogP contribution is -2.18. The van der Waals surface area contributed by atoms with Crippen molar-refractivity contribution in [3.8, 4) is 56.4 Å². The van der Waals surface area contributed by atoms with Gasteiger partial charge in [0.25, 0.3) is 0 Å². The maximum absolute atomic E-state index is 5.79. The van der Waals surface area contributed by atoms with Crippen molar-refractivity contribution < 1.29 is 0 Å². The van der Waals surface area contributed by atoms with Gasteiger partial charge in [-0.1, -0.05) is 178 Å². The summed E-state index contributed by atoms with van der Waals surface area (Å²) in [7, 11) is 0. The number of aromatic nitrogens is 4. The standard InChI is InChI=1S/C53H42N4/c1-53(2)43-31-16-15-29-41(43)47-42(30-18-32-44(47)53)51-49(37-23-11-5-12-24-37)56-50(48(57-51)36-21-9-4-10-22-36)40-28-17-27-39(33-40)46-34-45(35-19-7-3-8-20-35)54-52(55-46)38-25-13-6-14-26-38/h3,5-9,11-29,31-34,42H,4,10,30H2,1-2H3. The molecule has 0 bridgehead atoms. The molecule has 5 aromatic carbocycles. The summed E-state index contributed by atoms with van der Waals surface area (Å²) in [4.78, 5) is 21.7. The van der Waals surface area contributed by atoms with Crippen LogP contribution in [0, 0.1) is 0 Å². The van der Waals surface area contributed by atoms with Gasteiger partial charge in [0.15, 0.2) is 5.82 Å². The molecule has 1 unspecified atom stereocenters. The third-order valence-corrected chi connectivity index (χ3v) is 11.7. The van der Waals surface area contributed by atoms with Crippen molar-refractivity contribution in [3.05, 3.63) is 204 Å². The minimum Gasteiger partial charge on any atom is -0.248 e. The first-order valence-electron chi connectivity index (χ1n) is 20.0. The molecule has 4 nitrogen and oxygen atoms in total. The lowest BCUT2D eigenvalue weighted by atomic mass is 9.77. The smallest absolute Gasteiger partial charge is 0.160 e. The first-order chi connectivity index (χ1) is 28.0. The van der Waals surface area contributed by atoms with Gasteiger partial charge in [0, 0.05) is 39.2 Å². The number of allylic oxidation sites excluding steroid dienone is 8. The SMILES string of the molecule is CC1(C)C2=C(c3ccccc31)C(c1nc(C3=CCCC=C3)c(-c3cccc(-c4cc(-c5ccccc5)nc(-c5ccccc5)n4)c3)nc1-c1ccccc1)CC=C2. The molecule has 2 heterocycles. The maximum atomic E-state index is 5.79. The third-order valence-electron chi connectivity index (χ3n) is 11.7. The number of nitrogens with zero attached hydrogens (tertiary/aromatic N) is 4. The number of rotatable bonds is 7. The minimum atomic E-state index is -0.0962. The first kappa shape index (κ1) is 34.7. The fourth-order valence-electron chi connectivity index (χ4n) is 8.84. The van der Waals surface area contributed by atoms with Crippen molar-refractivity contribution in [2.75, 3.05) is 0 Å². The highest BCUT2D eigenvalue weighted by Crippen LogP contribution is 2.55. The van der Waals surface area contributed by atoms with Gasteiger partial charge < -0.3 is 0 Å². The summed E-state index contributed by atoms with van der Waals surface area (Å²) >= 11 is 0. The Morgan fingerprint density at radius 3 is 1.89 bits per heavy atom. The normalized spacial score (nSPS) is 16.6. The molecule has 0 saturated carbocycles. The van der Waals surface area contributed by atoms with Gasteiger partial charge >= 0.3 is 0 Å². The Hall–Kier alpha value is -6.78. The van der Waals surface area contributed by atoms with Crippen LogP contribution in [0.4, 0.5) is 0 Å². The van der Waals surface area contributed by atoms with Crippen LogP contribution >= 0.6 is 0 Å². The topological polar surface area (TPSA) is 51.6 Å². The lowest BCUT2D eigenvalue weighted by molar-refractivity contribution is 0.648. The Morgan fingerprint density at radius 1 is 0.509 bits per heavy atom. The van der Waals surface area contributed by atoms with E-state index in [1.54, 1.807) is 0 Å². The molecule has 0 aliphatic heterocycles. The van der Waals surface area contributed by atoms with E-state index in [-0.39, 0.29) is 11.3 Å². The highest BCUT2D eigenvalue weighted by Gasteiger charge is 2.41. The molecule has 0 spiro atoms. The van der Waals surface area contributed by atoms with Crippen molar-refractivity contribution in [3.63, 3.8) is 0 Å². The quantitative estimate of drug-likeness (QED) is 0.164. The molecule has 0 N–H and O–H groups in total. The summed E-state index contributed by atoms with van der Waals surface area (Å²) in [5, 5.41) is 0. The molecule has 0 radical (unpaired) electrons. The summed E-state index contributed by atoms with van der Waals surface area (Å²) in [6, 6.07) is 50.8. The van der Waals surface area contributed by atoms with Crippen LogP contribution in [0.25, 0.3) is 67.6 Å². The highest BCUT2D eigenvalue weighted by atomic mass is 14.9. The fraction of sp³-hybridized carbons (Fsp3) is 0.132. The Morgan fingerprint density at radius 2 is 1.16 bits per heavy atom. The van der Waals surface area contributed by atoms with E-state index >= 15 is 0 Å². The Labute approximate surface area is 334 Å². The van der Waals surface area contributed by atoms with E-state index in [2.05, 4.69) is 166 Å². The van der Waals surface area contributed by atoms with Crippen LogP contribution in [0.3, 0.4) is 0 Å². The second-order valence-electron chi connectivity index (χ2n) is 15.6. The average molecular weight is 735 g/mol. The number of fused-ring (bicyclic) bond motifs is 2. The predicted molar refractivity (Wildman–Crippen MR) is 234 cm³/mol. The average Bonchev–Trinajstić information content (AvgIpc) is 3.53. The van der Waals surface area contributed by atoms with Crippen LogP contribution in [0.15, 0.2) is 182 Å². The van der Waals surface area contributed by atoms with Crippen molar-refractivity contribution in [1.29, 1.82) is 0 Å². The number of hydrogen-bond donors (Lipinski definition) is 0. The van der Waals surface area contributed by atoms with E-state index in [4.69, 9.17) is 19.9 Å². The molecular formula is C53H42N4. The van der Waals surface area contributed by atoms with E-state index < -0.39 is 0 Å². The molecule has 10 rings (SSSR count). The van der Waals surface area contributed by atoms with Crippen molar-refractivity contribution >= 4 is 11.1 Å². The molecule has 7 aromatic rings. The van der Waals surface area contributed by atoms with Gasteiger partial charge in [-0.2, -0.15) is 0 Å². The Bertz CT molecular complexity index is 2720. The second-order valence-corrected chi connectivity index (χ2v) is 15.6. The molecule has 0 saturated heterocycles. The van der Waals surface area contributed by atoms with Crippen LogP contribution < -0.4 is 0 Å².